The molecule has 3 rings (SSSR count). The first-order chi connectivity index (χ1) is 12.4. The van der Waals surface area contributed by atoms with Crippen LogP contribution in [0.1, 0.15) is 5.56 Å². The van der Waals surface area contributed by atoms with Crippen LogP contribution in [0.25, 0.3) is 22.4 Å². The van der Waals surface area contributed by atoms with Crippen molar-refractivity contribution in [3.63, 3.8) is 0 Å². The van der Waals surface area contributed by atoms with Crippen LogP contribution in [-0.2, 0) is 15.8 Å². The minimum atomic E-state index is -3.44. The highest BCUT2D eigenvalue weighted by molar-refractivity contribution is 7.88. The molecule has 3 aromatic rings. The molecule has 6 nitrogen and oxygen atoms in total. The lowest BCUT2D eigenvalue weighted by molar-refractivity contribution is 0.587. The van der Waals surface area contributed by atoms with E-state index in [9.17, 15) is 12.8 Å². The fourth-order valence-electron chi connectivity index (χ4n) is 2.57. The van der Waals surface area contributed by atoms with Gasteiger partial charge >= 0.3 is 0 Å². The molecule has 1 heterocycles. The van der Waals surface area contributed by atoms with Crippen LogP contribution in [0.3, 0.4) is 0 Å². The summed E-state index contributed by atoms with van der Waals surface area (Å²) in [5, 5.41) is 0. The van der Waals surface area contributed by atoms with Gasteiger partial charge in [-0.15, -0.1) is 0 Å². The molecule has 0 unspecified atom stereocenters. The highest BCUT2D eigenvalue weighted by Crippen LogP contribution is 2.29. The van der Waals surface area contributed by atoms with Crippen molar-refractivity contribution >= 4 is 15.8 Å². The van der Waals surface area contributed by atoms with Gasteiger partial charge in [0.05, 0.1) is 23.8 Å². The lowest BCUT2D eigenvalue weighted by Gasteiger charge is -2.11. The molecule has 0 aliphatic rings. The molecule has 0 bridgehead atoms. The summed E-state index contributed by atoms with van der Waals surface area (Å²) in [6, 6.07) is 11.7. The summed E-state index contributed by atoms with van der Waals surface area (Å²) < 4.78 is 40.7. The maximum Gasteiger partial charge on any atom is 0.215 e. The Labute approximate surface area is 151 Å². The number of halogens is 1. The average Bonchev–Trinajstić information content (AvgIpc) is 2.63. The maximum absolute atomic E-state index is 14.6. The van der Waals surface area contributed by atoms with Crippen LogP contribution in [0.2, 0.25) is 0 Å². The van der Waals surface area contributed by atoms with Gasteiger partial charge in [-0.2, -0.15) is 0 Å². The molecule has 0 amide bonds. The smallest absolute Gasteiger partial charge is 0.215 e. The predicted octanol–water partition coefficient (Wildman–Crippen LogP) is 2.58. The van der Waals surface area contributed by atoms with Crippen LogP contribution in [-0.4, -0.2) is 25.4 Å². The van der Waals surface area contributed by atoms with E-state index in [4.69, 9.17) is 5.73 Å². The Morgan fingerprint density at radius 3 is 2.50 bits per heavy atom. The number of nitrogens with two attached hydrogens (primary N) is 1. The van der Waals surface area contributed by atoms with E-state index in [1.807, 2.05) is 0 Å². The number of hydrogen-bond donors (Lipinski definition) is 2. The van der Waals surface area contributed by atoms with Gasteiger partial charge in [-0.05, 0) is 35.9 Å². The van der Waals surface area contributed by atoms with Gasteiger partial charge in [-0.25, -0.2) is 22.5 Å². The number of nitrogens with zero attached hydrogens (tertiary/aromatic N) is 2. The zero-order chi connectivity index (χ0) is 18.7. The van der Waals surface area contributed by atoms with Gasteiger partial charge in [0.1, 0.15) is 11.6 Å². The minimum absolute atomic E-state index is 0.188. The van der Waals surface area contributed by atoms with Crippen LogP contribution < -0.4 is 10.5 Å². The van der Waals surface area contributed by atoms with Crippen molar-refractivity contribution in [3.05, 3.63) is 66.2 Å². The highest BCUT2D eigenvalue weighted by Gasteiger charge is 2.15. The van der Waals surface area contributed by atoms with Crippen LogP contribution in [0.4, 0.5) is 10.2 Å². The number of nitrogen functional groups attached to an aromatic ring is 1. The standard InChI is InChI=1S/C18H17FN4O2S/c1-21-26(24,25)11-13-4-2-3-5-14(13)12-6-7-15(16(19)8-12)17-9-23-18(20)10-22-17/h2-10,21H,11H2,1H3,(H2,20,23). The van der Waals surface area contributed by atoms with E-state index in [2.05, 4.69) is 14.7 Å². The first kappa shape index (κ1) is 18.0. The number of nitrogens with one attached hydrogen (secondary N) is 1. The third kappa shape index (κ3) is 3.87. The molecule has 2 aromatic carbocycles. The fourth-order valence-corrected chi connectivity index (χ4v) is 3.38. The summed E-state index contributed by atoms with van der Waals surface area (Å²) in [5.41, 5.74) is 7.98. The van der Waals surface area contributed by atoms with E-state index >= 15 is 0 Å². The van der Waals surface area contributed by atoms with Crippen molar-refractivity contribution in [3.8, 4) is 22.4 Å². The summed E-state index contributed by atoms with van der Waals surface area (Å²) in [6.07, 6.45) is 2.77. The van der Waals surface area contributed by atoms with Crippen LogP contribution >= 0.6 is 0 Å². The molecule has 0 saturated heterocycles. The van der Waals surface area contributed by atoms with Crippen molar-refractivity contribution in [1.29, 1.82) is 0 Å². The maximum atomic E-state index is 14.6. The molecule has 0 aliphatic carbocycles. The molecule has 8 heteroatoms. The topological polar surface area (TPSA) is 98.0 Å². The third-order valence-corrected chi connectivity index (χ3v) is 5.21. The molecule has 0 spiro atoms. The third-order valence-electron chi connectivity index (χ3n) is 3.90. The van der Waals surface area contributed by atoms with Gasteiger partial charge in [0.15, 0.2) is 0 Å². The Kier molecular flexibility index (Phi) is 4.97. The van der Waals surface area contributed by atoms with Gasteiger partial charge in [-0.3, -0.25) is 4.98 Å². The van der Waals surface area contributed by atoms with Gasteiger partial charge in [-0.1, -0.05) is 30.3 Å². The minimum Gasteiger partial charge on any atom is -0.382 e. The van der Waals surface area contributed by atoms with E-state index < -0.39 is 15.8 Å². The molecule has 0 saturated carbocycles. The number of hydrogen-bond acceptors (Lipinski definition) is 5. The SMILES string of the molecule is CNS(=O)(=O)Cc1ccccc1-c1ccc(-c2cnc(N)cn2)c(F)c1. The lowest BCUT2D eigenvalue weighted by Crippen LogP contribution is -2.20. The van der Waals surface area contributed by atoms with Crippen LogP contribution in [0.5, 0.6) is 0 Å². The Hall–Kier alpha value is -2.84. The number of aromatic nitrogens is 2. The quantitative estimate of drug-likeness (QED) is 0.717. The van der Waals surface area contributed by atoms with E-state index in [1.54, 1.807) is 36.4 Å². The second kappa shape index (κ2) is 7.19. The van der Waals surface area contributed by atoms with E-state index in [0.29, 0.717) is 27.9 Å². The van der Waals surface area contributed by atoms with Gasteiger partial charge in [0.2, 0.25) is 10.0 Å². The van der Waals surface area contributed by atoms with Crippen molar-refractivity contribution in [2.75, 3.05) is 12.8 Å². The van der Waals surface area contributed by atoms with Crippen molar-refractivity contribution in [2.45, 2.75) is 5.75 Å². The number of sulfonamides is 1. The Balaban J connectivity index is 2.01. The second-order valence-electron chi connectivity index (χ2n) is 5.64. The summed E-state index contributed by atoms with van der Waals surface area (Å²) >= 11 is 0. The molecule has 26 heavy (non-hydrogen) atoms. The molecule has 0 radical (unpaired) electrons. The van der Waals surface area contributed by atoms with E-state index in [-0.39, 0.29) is 11.6 Å². The molecular weight excluding hydrogens is 355 g/mol. The Morgan fingerprint density at radius 1 is 1.08 bits per heavy atom. The van der Waals surface area contributed by atoms with E-state index in [0.717, 1.165) is 0 Å². The highest BCUT2D eigenvalue weighted by atomic mass is 32.2. The number of rotatable bonds is 5. The molecule has 0 aliphatic heterocycles. The average molecular weight is 372 g/mol. The summed E-state index contributed by atoms with van der Waals surface area (Å²) in [6.45, 7) is 0. The molecule has 0 atom stereocenters. The van der Waals surface area contributed by atoms with Gasteiger partial charge in [0, 0.05) is 5.56 Å². The van der Waals surface area contributed by atoms with Crippen LogP contribution in [0, 0.1) is 5.82 Å². The zero-order valence-corrected chi connectivity index (χ0v) is 14.8. The largest absolute Gasteiger partial charge is 0.382 e. The normalized spacial score (nSPS) is 11.5. The molecule has 3 N–H and O–H groups in total. The summed E-state index contributed by atoms with van der Waals surface area (Å²) in [4.78, 5) is 7.99. The Bertz CT molecular complexity index is 1040. The number of benzene rings is 2. The van der Waals surface area contributed by atoms with Crippen molar-refractivity contribution < 1.29 is 12.8 Å². The van der Waals surface area contributed by atoms with Gasteiger partial charge in [0.25, 0.3) is 0 Å². The second-order valence-corrected chi connectivity index (χ2v) is 7.57. The van der Waals surface area contributed by atoms with E-state index in [1.165, 1.54) is 25.5 Å². The first-order valence-electron chi connectivity index (χ1n) is 7.76. The zero-order valence-electron chi connectivity index (χ0n) is 14.0. The van der Waals surface area contributed by atoms with Crippen molar-refractivity contribution in [2.24, 2.45) is 0 Å². The molecule has 0 fully saturated rings. The lowest BCUT2D eigenvalue weighted by atomic mass is 9.98. The summed E-state index contributed by atoms with van der Waals surface area (Å²) in [5.74, 6) is -0.412. The van der Waals surface area contributed by atoms with Gasteiger partial charge < -0.3 is 5.73 Å². The Morgan fingerprint density at radius 2 is 1.85 bits per heavy atom. The van der Waals surface area contributed by atoms with Crippen LogP contribution in [0.15, 0.2) is 54.9 Å². The molecule has 1 aromatic heterocycles. The van der Waals surface area contributed by atoms with Crippen molar-refractivity contribution in [1.82, 2.24) is 14.7 Å². The fraction of sp³-hybridized carbons (Fsp3) is 0.111. The number of anilines is 1. The monoisotopic (exact) mass is 372 g/mol. The first-order valence-corrected chi connectivity index (χ1v) is 9.42. The molecular formula is C18H17FN4O2S. The molecule has 134 valence electrons. The summed E-state index contributed by atoms with van der Waals surface area (Å²) in [7, 11) is -2.08. The predicted molar refractivity (Wildman–Crippen MR) is 99.0 cm³/mol.